The van der Waals surface area contributed by atoms with E-state index in [2.05, 4.69) is 49.0 Å². The van der Waals surface area contributed by atoms with Crippen LogP contribution >= 0.6 is 0 Å². The molecule has 20 heavy (non-hydrogen) atoms. The Morgan fingerprint density at radius 3 is 2.60 bits per heavy atom. The molecule has 1 aliphatic carbocycles. The predicted molar refractivity (Wildman–Crippen MR) is 82.5 cm³/mol. The summed E-state index contributed by atoms with van der Waals surface area (Å²) >= 11 is 0. The van der Waals surface area contributed by atoms with E-state index in [0.29, 0.717) is 18.0 Å². The minimum absolute atomic E-state index is 0.342. The first-order valence-electron chi connectivity index (χ1n) is 8.08. The van der Waals surface area contributed by atoms with Crippen LogP contribution in [-0.2, 0) is 0 Å². The van der Waals surface area contributed by atoms with Crippen LogP contribution in [0.15, 0.2) is 0 Å². The second-order valence-corrected chi connectivity index (χ2v) is 7.09. The van der Waals surface area contributed by atoms with Gasteiger partial charge in [-0.3, -0.25) is 10.2 Å². The van der Waals surface area contributed by atoms with Crippen molar-refractivity contribution in [1.29, 1.82) is 5.26 Å². The summed E-state index contributed by atoms with van der Waals surface area (Å²) in [5, 5.41) is 13.4. The van der Waals surface area contributed by atoms with Gasteiger partial charge in [0.25, 0.3) is 0 Å². The average Bonchev–Trinajstić information content (AvgIpc) is 3.19. The molecule has 1 heterocycles. The molecule has 2 unspecified atom stereocenters. The van der Waals surface area contributed by atoms with E-state index in [4.69, 9.17) is 0 Å². The Bertz CT molecular complexity index is 358. The van der Waals surface area contributed by atoms with E-state index in [0.717, 1.165) is 19.6 Å². The number of rotatable bonds is 5. The molecule has 2 rings (SSSR count). The zero-order valence-electron chi connectivity index (χ0n) is 13.5. The number of hydrogen-bond donors (Lipinski definition) is 1. The second-order valence-electron chi connectivity index (χ2n) is 7.09. The number of nitriles is 1. The topological polar surface area (TPSA) is 42.3 Å². The monoisotopic (exact) mass is 278 g/mol. The molecule has 0 aromatic heterocycles. The van der Waals surface area contributed by atoms with Crippen LogP contribution in [0.5, 0.6) is 0 Å². The first-order chi connectivity index (χ1) is 9.47. The highest BCUT2D eigenvalue weighted by atomic mass is 15.3. The smallest absolute Gasteiger partial charge is 0.122 e. The fourth-order valence-electron chi connectivity index (χ4n) is 3.52. The summed E-state index contributed by atoms with van der Waals surface area (Å²) < 4.78 is 0. The maximum atomic E-state index is 9.83. The van der Waals surface area contributed by atoms with Crippen molar-refractivity contribution in [3.8, 4) is 6.07 Å². The van der Waals surface area contributed by atoms with Gasteiger partial charge in [0.05, 0.1) is 6.07 Å². The molecule has 0 aromatic carbocycles. The molecule has 2 fully saturated rings. The summed E-state index contributed by atoms with van der Waals surface area (Å²) in [4.78, 5) is 4.94. The van der Waals surface area contributed by atoms with Crippen LogP contribution in [-0.4, -0.2) is 60.6 Å². The molecule has 1 saturated heterocycles. The molecular formula is C16H30N4. The third kappa shape index (κ3) is 3.72. The summed E-state index contributed by atoms with van der Waals surface area (Å²) in [7, 11) is 2.20. The third-order valence-electron chi connectivity index (χ3n) is 4.66. The van der Waals surface area contributed by atoms with Crippen LogP contribution in [0.1, 0.15) is 40.0 Å². The van der Waals surface area contributed by atoms with Gasteiger partial charge >= 0.3 is 0 Å². The molecule has 4 heteroatoms. The fourth-order valence-corrected chi connectivity index (χ4v) is 3.52. The number of nitrogens with one attached hydrogen (secondary N) is 1. The lowest BCUT2D eigenvalue weighted by Crippen LogP contribution is -2.58. The van der Waals surface area contributed by atoms with E-state index >= 15 is 0 Å². The summed E-state index contributed by atoms with van der Waals surface area (Å²) in [5.41, 5.74) is -0.342. The van der Waals surface area contributed by atoms with Crippen molar-refractivity contribution in [3.63, 3.8) is 0 Å². The Labute approximate surface area is 124 Å². The average molecular weight is 278 g/mol. The zero-order chi connectivity index (χ0) is 14.8. The Hall–Kier alpha value is -0.630. The molecule has 1 N–H and O–H groups in total. The van der Waals surface area contributed by atoms with Gasteiger partial charge in [0.15, 0.2) is 0 Å². The molecule has 0 radical (unpaired) electrons. The van der Waals surface area contributed by atoms with E-state index in [-0.39, 0.29) is 5.54 Å². The van der Waals surface area contributed by atoms with E-state index in [1.807, 2.05) is 0 Å². The third-order valence-corrected chi connectivity index (χ3v) is 4.66. The van der Waals surface area contributed by atoms with Gasteiger partial charge in [-0.05, 0) is 66.1 Å². The van der Waals surface area contributed by atoms with Crippen LogP contribution in [0, 0.1) is 17.2 Å². The molecule has 0 bridgehead atoms. The van der Waals surface area contributed by atoms with Crippen molar-refractivity contribution >= 4 is 0 Å². The van der Waals surface area contributed by atoms with Gasteiger partial charge in [-0.2, -0.15) is 5.26 Å². The largest absolute Gasteiger partial charge is 0.305 e. The molecule has 0 spiro atoms. The highest BCUT2D eigenvalue weighted by molar-refractivity contribution is 5.17. The summed E-state index contributed by atoms with van der Waals surface area (Å²) in [5.74, 6) is 0.545. The lowest BCUT2D eigenvalue weighted by atomic mass is 9.92. The van der Waals surface area contributed by atoms with Gasteiger partial charge < -0.3 is 4.90 Å². The molecule has 1 saturated carbocycles. The van der Waals surface area contributed by atoms with Crippen LogP contribution in [0.25, 0.3) is 0 Å². The van der Waals surface area contributed by atoms with E-state index < -0.39 is 0 Å². The molecule has 114 valence electrons. The molecule has 0 aromatic rings. The van der Waals surface area contributed by atoms with Crippen molar-refractivity contribution in [3.05, 3.63) is 0 Å². The summed E-state index contributed by atoms with van der Waals surface area (Å²) in [6, 6.07) is 3.53. The normalized spacial score (nSPS) is 28.9. The Balaban J connectivity index is 2.08. The van der Waals surface area contributed by atoms with Crippen molar-refractivity contribution in [2.45, 2.75) is 57.7 Å². The van der Waals surface area contributed by atoms with Crippen molar-refractivity contribution in [2.75, 3.05) is 33.2 Å². The van der Waals surface area contributed by atoms with E-state index in [1.54, 1.807) is 0 Å². The lowest BCUT2D eigenvalue weighted by Gasteiger charge is -2.38. The van der Waals surface area contributed by atoms with Crippen LogP contribution in [0.2, 0.25) is 0 Å². The van der Waals surface area contributed by atoms with Crippen LogP contribution in [0.3, 0.4) is 0 Å². The second kappa shape index (κ2) is 6.43. The minimum atomic E-state index is -0.342. The quantitative estimate of drug-likeness (QED) is 0.831. The molecular weight excluding hydrogens is 248 g/mol. The maximum absolute atomic E-state index is 9.83. The summed E-state index contributed by atoms with van der Waals surface area (Å²) in [6.45, 7) is 10.9. The van der Waals surface area contributed by atoms with Gasteiger partial charge in [-0.15, -0.1) is 0 Å². The first-order valence-corrected chi connectivity index (χ1v) is 8.08. The fraction of sp³-hybridized carbons (Fsp3) is 0.938. The van der Waals surface area contributed by atoms with Gasteiger partial charge in [0.2, 0.25) is 0 Å². The number of hydrogen-bond acceptors (Lipinski definition) is 4. The van der Waals surface area contributed by atoms with Crippen molar-refractivity contribution in [1.82, 2.24) is 15.1 Å². The van der Waals surface area contributed by atoms with E-state index in [1.165, 1.54) is 25.8 Å². The Kier molecular flexibility index (Phi) is 5.06. The molecule has 2 atom stereocenters. The molecule has 1 aliphatic heterocycles. The molecule has 2 aliphatic rings. The highest BCUT2D eigenvalue weighted by Gasteiger charge is 2.47. The Morgan fingerprint density at radius 2 is 2.05 bits per heavy atom. The first kappa shape index (κ1) is 15.8. The van der Waals surface area contributed by atoms with Crippen LogP contribution in [0.4, 0.5) is 0 Å². The predicted octanol–water partition coefficient (Wildman–Crippen LogP) is 1.68. The SMILES string of the molecule is CC(C)NC(C#N)(CN1CCCN(C)CC1C)C1CC1. The van der Waals surface area contributed by atoms with Crippen molar-refractivity contribution < 1.29 is 0 Å². The lowest BCUT2D eigenvalue weighted by molar-refractivity contribution is 0.147. The molecule has 4 nitrogen and oxygen atoms in total. The van der Waals surface area contributed by atoms with Gasteiger partial charge in [-0.1, -0.05) is 0 Å². The van der Waals surface area contributed by atoms with Crippen molar-refractivity contribution in [2.24, 2.45) is 5.92 Å². The minimum Gasteiger partial charge on any atom is -0.305 e. The number of nitrogens with zero attached hydrogens (tertiary/aromatic N) is 3. The molecule has 0 amide bonds. The highest BCUT2D eigenvalue weighted by Crippen LogP contribution is 2.40. The zero-order valence-corrected chi connectivity index (χ0v) is 13.5. The van der Waals surface area contributed by atoms with Gasteiger partial charge in [0, 0.05) is 25.2 Å². The maximum Gasteiger partial charge on any atom is 0.122 e. The summed E-state index contributed by atoms with van der Waals surface area (Å²) in [6.07, 6.45) is 3.61. The van der Waals surface area contributed by atoms with E-state index in [9.17, 15) is 5.26 Å². The van der Waals surface area contributed by atoms with Crippen LogP contribution < -0.4 is 5.32 Å². The van der Waals surface area contributed by atoms with Gasteiger partial charge in [-0.25, -0.2) is 0 Å². The standard InChI is InChI=1S/C16H30N4/c1-13(2)18-16(11-17,15-6-7-15)12-20-9-5-8-19(4)10-14(20)3/h13-15,18H,5-10,12H2,1-4H3. The van der Waals surface area contributed by atoms with Gasteiger partial charge in [0.1, 0.15) is 5.54 Å². The Morgan fingerprint density at radius 1 is 1.35 bits per heavy atom. The number of likely N-dealkylation sites (N-methyl/N-ethyl adjacent to an activating group) is 1.